The molecular formula is C14H16N2O. The van der Waals surface area contributed by atoms with E-state index in [1.54, 1.807) is 13.4 Å². The van der Waals surface area contributed by atoms with Crippen LogP contribution in [0.15, 0.2) is 36.8 Å². The van der Waals surface area contributed by atoms with Crippen LogP contribution in [-0.2, 0) is 23.0 Å². The normalized spacial score (nSPS) is 17.0. The molecule has 0 aliphatic heterocycles. The molecule has 1 N–H and O–H groups in total. The molecule has 1 heterocycles. The second-order valence-corrected chi connectivity index (χ2v) is 4.80. The molecule has 0 radical (unpaired) electrons. The van der Waals surface area contributed by atoms with Gasteiger partial charge in [-0.05, 0) is 24.0 Å². The standard InChI is InChI=1S/C14H16N2O/c1-17-9-14(13-8-15-10-16-13)6-11-4-2-3-5-12(11)7-14/h2-5,8,10H,6-7,9H2,1H3,(H,15,16). The summed E-state index contributed by atoms with van der Waals surface area (Å²) < 4.78 is 5.44. The molecule has 0 amide bonds. The van der Waals surface area contributed by atoms with E-state index in [4.69, 9.17) is 4.74 Å². The summed E-state index contributed by atoms with van der Waals surface area (Å²) in [4.78, 5) is 7.39. The van der Waals surface area contributed by atoms with E-state index in [0.29, 0.717) is 0 Å². The summed E-state index contributed by atoms with van der Waals surface area (Å²) in [6.07, 6.45) is 5.72. The third-order valence-electron chi connectivity index (χ3n) is 3.67. The van der Waals surface area contributed by atoms with Gasteiger partial charge in [0, 0.05) is 24.4 Å². The van der Waals surface area contributed by atoms with E-state index in [-0.39, 0.29) is 5.41 Å². The second-order valence-electron chi connectivity index (χ2n) is 4.80. The Morgan fingerprint density at radius 3 is 2.53 bits per heavy atom. The molecule has 1 aromatic heterocycles. The number of aromatic nitrogens is 2. The van der Waals surface area contributed by atoms with Gasteiger partial charge in [-0.15, -0.1) is 0 Å². The Morgan fingerprint density at radius 1 is 1.29 bits per heavy atom. The first-order chi connectivity index (χ1) is 8.34. The number of hydrogen-bond acceptors (Lipinski definition) is 2. The minimum Gasteiger partial charge on any atom is -0.384 e. The lowest BCUT2D eigenvalue weighted by molar-refractivity contribution is 0.131. The molecule has 1 aliphatic carbocycles. The second kappa shape index (κ2) is 4.00. The molecule has 3 nitrogen and oxygen atoms in total. The number of methoxy groups -OCH3 is 1. The molecule has 1 aromatic carbocycles. The van der Waals surface area contributed by atoms with Crippen molar-refractivity contribution >= 4 is 0 Å². The van der Waals surface area contributed by atoms with Gasteiger partial charge in [-0.2, -0.15) is 0 Å². The predicted octanol–water partition coefficient (Wildman–Crippen LogP) is 2.09. The van der Waals surface area contributed by atoms with E-state index in [0.717, 1.165) is 19.4 Å². The Kier molecular flexibility index (Phi) is 2.48. The highest BCUT2D eigenvalue weighted by atomic mass is 16.5. The molecule has 0 bridgehead atoms. The fraction of sp³-hybridized carbons (Fsp3) is 0.357. The quantitative estimate of drug-likeness (QED) is 0.873. The van der Waals surface area contributed by atoms with Crippen molar-refractivity contribution in [3.63, 3.8) is 0 Å². The number of nitrogens with zero attached hydrogens (tertiary/aromatic N) is 1. The molecule has 2 aromatic rings. The lowest BCUT2D eigenvalue weighted by atomic mass is 9.82. The van der Waals surface area contributed by atoms with Crippen molar-refractivity contribution in [2.45, 2.75) is 18.3 Å². The first kappa shape index (κ1) is 10.5. The van der Waals surface area contributed by atoms with E-state index in [1.165, 1.54) is 16.8 Å². The number of H-pyrrole nitrogens is 1. The van der Waals surface area contributed by atoms with E-state index in [9.17, 15) is 0 Å². The zero-order valence-electron chi connectivity index (χ0n) is 9.94. The Hall–Kier alpha value is -1.61. The smallest absolute Gasteiger partial charge is 0.0921 e. The van der Waals surface area contributed by atoms with Crippen LogP contribution in [0.4, 0.5) is 0 Å². The van der Waals surface area contributed by atoms with Gasteiger partial charge >= 0.3 is 0 Å². The van der Waals surface area contributed by atoms with Crippen molar-refractivity contribution in [3.8, 4) is 0 Å². The first-order valence-electron chi connectivity index (χ1n) is 5.89. The van der Waals surface area contributed by atoms with E-state index < -0.39 is 0 Å². The zero-order chi connectivity index (χ0) is 11.7. The maximum absolute atomic E-state index is 5.44. The van der Waals surface area contributed by atoms with Gasteiger partial charge < -0.3 is 9.72 Å². The summed E-state index contributed by atoms with van der Waals surface area (Å²) in [6.45, 7) is 0.726. The van der Waals surface area contributed by atoms with E-state index >= 15 is 0 Å². The summed E-state index contributed by atoms with van der Waals surface area (Å²) in [5.74, 6) is 0. The third-order valence-corrected chi connectivity index (χ3v) is 3.67. The van der Waals surface area contributed by atoms with Gasteiger partial charge in [0.2, 0.25) is 0 Å². The lowest BCUT2D eigenvalue weighted by Gasteiger charge is -2.26. The van der Waals surface area contributed by atoms with Crippen molar-refractivity contribution in [3.05, 3.63) is 53.6 Å². The average Bonchev–Trinajstić information content (AvgIpc) is 2.96. The number of ether oxygens (including phenoxy) is 1. The number of hydrogen-bond donors (Lipinski definition) is 1. The van der Waals surface area contributed by atoms with Gasteiger partial charge in [0.25, 0.3) is 0 Å². The molecule has 3 rings (SSSR count). The van der Waals surface area contributed by atoms with Gasteiger partial charge in [0.15, 0.2) is 0 Å². The molecule has 0 saturated carbocycles. The largest absolute Gasteiger partial charge is 0.384 e. The highest BCUT2D eigenvalue weighted by Crippen LogP contribution is 2.38. The molecule has 0 fully saturated rings. The molecule has 0 unspecified atom stereocenters. The van der Waals surface area contributed by atoms with Gasteiger partial charge in [-0.3, -0.25) is 0 Å². The Morgan fingerprint density at radius 2 is 2.00 bits per heavy atom. The summed E-state index contributed by atoms with van der Waals surface area (Å²) >= 11 is 0. The van der Waals surface area contributed by atoms with Crippen LogP contribution in [-0.4, -0.2) is 23.7 Å². The fourth-order valence-electron chi connectivity index (χ4n) is 2.89. The summed E-state index contributed by atoms with van der Waals surface area (Å²) in [7, 11) is 1.76. The van der Waals surface area contributed by atoms with Crippen LogP contribution in [0.1, 0.15) is 16.8 Å². The monoisotopic (exact) mass is 228 g/mol. The maximum Gasteiger partial charge on any atom is 0.0921 e. The molecule has 17 heavy (non-hydrogen) atoms. The summed E-state index contributed by atoms with van der Waals surface area (Å²) in [5.41, 5.74) is 4.07. The van der Waals surface area contributed by atoms with Crippen LogP contribution in [0.3, 0.4) is 0 Å². The Labute approximate surface area is 101 Å². The number of fused-ring (bicyclic) bond motifs is 1. The minimum absolute atomic E-state index is 0.0366. The topological polar surface area (TPSA) is 37.9 Å². The Balaban J connectivity index is 2.01. The number of rotatable bonds is 3. The SMILES string of the molecule is COCC1(c2cnc[nH]2)Cc2ccccc2C1. The van der Waals surface area contributed by atoms with E-state index in [1.807, 2.05) is 6.20 Å². The van der Waals surface area contributed by atoms with Crippen molar-refractivity contribution in [2.24, 2.45) is 0 Å². The van der Waals surface area contributed by atoms with Crippen LogP contribution in [0.25, 0.3) is 0 Å². The molecule has 1 aliphatic rings. The van der Waals surface area contributed by atoms with Crippen LogP contribution < -0.4 is 0 Å². The zero-order valence-corrected chi connectivity index (χ0v) is 9.94. The molecule has 88 valence electrons. The fourth-order valence-corrected chi connectivity index (χ4v) is 2.89. The van der Waals surface area contributed by atoms with Gasteiger partial charge in [0.1, 0.15) is 0 Å². The van der Waals surface area contributed by atoms with Gasteiger partial charge in [0.05, 0.1) is 12.9 Å². The van der Waals surface area contributed by atoms with Crippen LogP contribution in [0.2, 0.25) is 0 Å². The predicted molar refractivity (Wildman–Crippen MR) is 66.0 cm³/mol. The number of aromatic amines is 1. The van der Waals surface area contributed by atoms with E-state index in [2.05, 4.69) is 34.2 Å². The maximum atomic E-state index is 5.44. The van der Waals surface area contributed by atoms with Gasteiger partial charge in [-0.1, -0.05) is 24.3 Å². The molecule has 0 spiro atoms. The summed E-state index contributed by atoms with van der Waals surface area (Å²) in [5, 5.41) is 0. The highest BCUT2D eigenvalue weighted by molar-refractivity contribution is 5.39. The number of imidazole rings is 1. The van der Waals surface area contributed by atoms with Crippen LogP contribution in [0, 0.1) is 0 Å². The van der Waals surface area contributed by atoms with Crippen LogP contribution >= 0.6 is 0 Å². The molecular weight excluding hydrogens is 212 g/mol. The Bertz CT molecular complexity index is 480. The number of benzene rings is 1. The van der Waals surface area contributed by atoms with Crippen molar-refractivity contribution in [1.82, 2.24) is 9.97 Å². The average molecular weight is 228 g/mol. The van der Waals surface area contributed by atoms with Crippen molar-refractivity contribution in [2.75, 3.05) is 13.7 Å². The first-order valence-corrected chi connectivity index (χ1v) is 5.89. The minimum atomic E-state index is 0.0366. The molecule has 0 atom stereocenters. The van der Waals surface area contributed by atoms with Crippen LogP contribution in [0.5, 0.6) is 0 Å². The highest BCUT2D eigenvalue weighted by Gasteiger charge is 2.39. The molecule has 3 heteroatoms. The number of nitrogens with one attached hydrogen (secondary N) is 1. The lowest BCUT2D eigenvalue weighted by Crippen LogP contribution is -2.32. The summed E-state index contributed by atoms with van der Waals surface area (Å²) in [6, 6.07) is 8.63. The van der Waals surface area contributed by atoms with Crippen molar-refractivity contribution < 1.29 is 4.74 Å². The van der Waals surface area contributed by atoms with Crippen molar-refractivity contribution in [1.29, 1.82) is 0 Å². The third kappa shape index (κ3) is 1.67. The molecule has 0 saturated heterocycles. The van der Waals surface area contributed by atoms with Gasteiger partial charge in [-0.25, -0.2) is 4.98 Å².